The van der Waals surface area contributed by atoms with Crippen LogP contribution in [0.4, 0.5) is 4.79 Å². The Balaban J connectivity index is 1.75. The molecule has 1 aliphatic heterocycles. The third kappa shape index (κ3) is 4.75. The van der Waals surface area contributed by atoms with Crippen LogP contribution in [0.2, 0.25) is 0 Å². The van der Waals surface area contributed by atoms with Crippen LogP contribution < -0.4 is 10.6 Å². The maximum absolute atomic E-state index is 12.8. The second kappa shape index (κ2) is 7.82. The molecule has 8 heteroatoms. The van der Waals surface area contributed by atoms with Gasteiger partial charge in [-0.3, -0.25) is 4.79 Å². The maximum atomic E-state index is 12.8. The molecule has 0 radical (unpaired) electrons. The minimum absolute atomic E-state index is 0.0932. The number of aryl methyl sites for hydroxylation is 1. The zero-order valence-electron chi connectivity index (χ0n) is 15.9. The normalized spacial score (nSPS) is 17.0. The van der Waals surface area contributed by atoms with Gasteiger partial charge in [-0.15, -0.1) is 22.7 Å². The van der Waals surface area contributed by atoms with Gasteiger partial charge >= 0.3 is 6.03 Å². The Kier molecular flexibility index (Phi) is 5.67. The molecule has 3 heterocycles. The average molecular weight is 405 g/mol. The lowest BCUT2D eigenvalue weighted by atomic mass is 10.1. The predicted molar refractivity (Wildman–Crippen MR) is 110 cm³/mol. The third-order valence-corrected chi connectivity index (χ3v) is 6.10. The van der Waals surface area contributed by atoms with E-state index < -0.39 is 0 Å². The fraction of sp³-hybridized carbons (Fsp3) is 0.421. The van der Waals surface area contributed by atoms with E-state index in [-0.39, 0.29) is 30.1 Å². The summed E-state index contributed by atoms with van der Waals surface area (Å²) in [6.07, 6.45) is 0.682. The molecule has 2 aromatic rings. The molecule has 2 N–H and O–H groups in total. The van der Waals surface area contributed by atoms with Crippen LogP contribution in [0.25, 0.3) is 0 Å². The van der Waals surface area contributed by atoms with Crippen molar-refractivity contribution in [3.8, 4) is 0 Å². The van der Waals surface area contributed by atoms with Gasteiger partial charge in [-0.25, -0.2) is 9.80 Å². The molecule has 0 aromatic carbocycles. The molecular formula is C19H24N4O2S2. The average Bonchev–Trinajstić information content (AvgIpc) is 3.30. The third-order valence-electron chi connectivity index (χ3n) is 4.06. The number of thiophene rings is 2. The molecule has 0 saturated carbocycles. The van der Waals surface area contributed by atoms with Crippen LogP contribution in [0, 0.1) is 6.92 Å². The molecule has 0 saturated heterocycles. The summed E-state index contributed by atoms with van der Waals surface area (Å²) in [5, 5.41) is 15.6. The number of amides is 3. The first-order valence-electron chi connectivity index (χ1n) is 8.78. The summed E-state index contributed by atoms with van der Waals surface area (Å²) < 4.78 is 0. The zero-order chi connectivity index (χ0) is 19.6. The molecule has 0 spiro atoms. The van der Waals surface area contributed by atoms with Crippen LogP contribution in [0.15, 0.2) is 34.1 Å². The number of nitrogens with one attached hydrogen (secondary N) is 2. The maximum Gasteiger partial charge on any atom is 0.315 e. The van der Waals surface area contributed by atoms with Gasteiger partial charge in [0.25, 0.3) is 5.91 Å². The SMILES string of the molecule is Cc1ccsc1[C@@H]1CC(c2cccs2)=NN1C(=O)CNC(=O)NC(C)(C)C. The van der Waals surface area contributed by atoms with Crippen molar-refractivity contribution < 1.29 is 9.59 Å². The van der Waals surface area contributed by atoms with Crippen LogP contribution in [-0.4, -0.2) is 34.7 Å². The van der Waals surface area contributed by atoms with Gasteiger partial charge in [0.15, 0.2) is 0 Å². The Morgan fingerprint density at radius 2 is 2.04 bits per heavy atom. The van der Waals surface area contributed by atoms with Crippen molar-refractivity contribution in [1.29, 1.82) is 0 Å². The Hall–Kier alpha value is -2.19. The molecule has 27 heavy (non-hydrogen) atoms. The highest BCUT2D eigenvalue weighted by molar-refractivity contribution is 7.12. The van der Waals surface area contributed by atoms with E-state index in [2.05, 4.69) is 21.8 Å². The molecule has 0 unspecified atom stereocenters. The minimum Gasteiger partial charge on any atom is -0.334 e. The Morgan fingerprint density at radius 3 is 2.63 bits per heavy atom. The summed E-state index contributed by atoms with van der Waals surface area (Å²) in [4.78, 5) is 27.0. The number of nitrogens with zero attached hydrogens (tertiary/aromatic N) is 2. The monoisotopic (exact) mass is 404 g/mol. The van der Waals surface area contributed by atoms with Gasteiger partial charge in [-0.1, -0.05) is 6.07 Å². The van der Waals surface area contributed by atoms with Crippen LogP contribution in [-0.2, 0) is 4.79 Å². The number of hydrogen-bond acceptors (Lipinski definition) is 5. The first-order chi connectivity index (χ1) is 12.7. The smallest absolute Gasteiger partial charge is 0.315 e. The molecule has 1 aliphatic rings. The lowest BCUT2D eigenvalue weighted by Crippen LogP contribution is -2.48. The van der Waals surface area contributed by atoms with Crippen molar-refractivity contribution in [2.75, 3.05) is 6.54 Å². The van der Waals surface area contributed by atoms with Crippen molar-refractivity contribution in [3.63, 3.8) is 0 Å². The number of hydrazone groups is 1. The molecule has 3 rings (SSSR count). The summed E-state index contributed by atoms with van der Waals surface area (Å²) in [6.45, 7) is 7.63. The predicted octanol–water partition coefficient (Wildman–Crippen LogP) is 3.89. The summed E-state index contributed by atoms with van der Waals surface area (Å²) in [6, 6.07) is 5.58. The second-order valence-electron chi connectivity index (χ2n) is 7.51. The minimum atomic E-state index is -0.360. The standard InChI is InChI=1S/C19H24N4O2S2/c1-12-7-9-27-17(12)14-10-13(15-6-5-8-26-15)22-23(14)16(24)11-20-18(25)21-19(2,3)4/h5-9,14H,10-11H2,1-4H3,(H2,20,21,25)/t14-/m0/s1. The van der Waals surface area contributed by atoms with E-state index in [0.29, 0.717) is 6.42 Å². The Labute approximate surface area is 167 Å². The number of urea groups is 1. The molecule has 144 valence electrons. The van der Waals surface area contributed by atoms with Crippen LogP contribution >= 0.6 is 22.7 Å². The Bertz CT molecular complexity index is 849. The van der Waals surface area contributed by atoms with E-state index in [1.54, 1.807) is 22.7 Å². The molecule has 0 aliphatic carbocycles. The highest BCUT2D eigenvalue weighted by Gasteiger charge is 2.35. The van der Waals surface area contributed by atoms with E-state index in [4.69, 9.17) is 0 Å². The molecule has 0 bridgehead atoms. The number of rotatable bonds is 4. The lowest BCUT2D eigenvalue weighted by Gasteiger charge is -2.23. The van der Waals surface area contributed by atoms with Crippen molar-refractivity contribution in [3.05, 3.63) is 44.3 Å². The van der Waals surface area contributed by atoms with Crippen LogP contribution in [0.5, 0.6) is 0 Å². The topological polar surface area (TPSA) is 73.8 Å². The second-order valence-corrected chi connectivity index (χ2v) is 9.40. The van der Waals surface area contributed by atoms with Crippen LogP contribution in [0.1, 0.15) is 48.6 Å². The summed E-state index contributed by atoms with van der Waals surface area (Å²) >= 11 is 3.25. The van der Waals surface area contributed by atoms with Crippen LogP contribution in [0.3, 0.4) is 0 Å². The number of hydrogen-bond donors (Lipinski definition) is 2. The molecule has 2 aromatic heterocycles. The van der Waals surface area contributed by atoms with Crippen molar-refractivity contribution in [1.82, 2.24) is 15.6 Å². The van der Waals surface area contributed by atoms with E-state index in [9.17, 15) is 9.59 Å². The summed E-state index contributed by atoms with van der Waals surface area (Å²) in [7, 11) is 0. The van der Waals surface area contributed by atoms with E-state index in [1.165, 1.54) is 5.01 Å². The van der Waals surface area contributed by atoms with Gasteiger partial charge in [-0.05, 0) is 56.2 Å². The fourth-order valence-electron chi connectivity index (χ4n) is 2.88. The highest BCUT2D eigenvalue weighted by Crippen LogP contribution is 2.37. The van der Waals surface area contributed by atoms with Crippen molar-refractivity contribution in [2.24, 2.45) is 5.10 Å². The lowest BCUT2D eigenvalue weighted by molar-refractivity contribution is -0.131. The van der Waals surface area contributed by atoms with E-state index in [1.807, 2.05) is 50.6 Å². The quantitative estimate of drug-likeness (QED) is 0.811. The van der Waals surface area contributed by atoms with Gasteiger partial charge in [0.2, 0.25) is 0 Å². The first kappa shape index (κ1) is 19.6. The first-order valence-corrected chi connectivity index (χ1v) is 10.5. The largest absolute Gasteiger partial charge is 0.334 e. The molecule has 3 amide bonds. The van der Waals surface area contributed by atoms with E-state index >= 15 is 0 Å². The van der Waals surface area contributed by atoms with Gasteiger partial charge in [0.05, 0.1) is 16.6 Å². The number of carbonyl (C=O) groups is 2. The van der Waals surface area contributed by atoms with Gasteiger partial charge in [0, 0.05) is 16.8 Å². The molecule has 6 nitrogen and oxygen atoms in total. The summed E-state index contributed by atoms with van der Waals surface area (Å²) in [5.41, 5.74) is 1.71. The highest BCUT2D eigenvalue weighted by atomic mass is 32.1. The van der Waals surface area contributed by atoms with Crippen molar-refractivity contribution in [2.45, 2.75) is 45.7 Å². The van der Waals surface area contributed by atoms with Gasteiger partial charge in [0.1, 0.15) is 6.54 Å². The molecule has 1 atom stereocenters. The fourth-order valence-corrected chi connectivity index (χ4v) is 4.62. The molecule has 0 fully saturated rings. The summed E-state index contributed by atoms with van der Waals surface area (Å²) in [5.74, 6) is -0.219. The van der Waals surface area contributed by atoms with E-state index in [0.717, 1.165) is 21.0 Å². The van der Waals surface area contributed by atoms with Gasteiger partial charge < -0.3 is 10.6 Å². The van der Waals surface area contributed by atoms with Crippen molar-refractivity contribution >= 4 is 40.3 Å². The number of carbonyl (C=O) groups excluding carboxylic acids is 2. The zero-order valence-corrected chi connectivity index (χ0v) is 17.5. The van der Waals surface area contributed by atoms with Gasteiger partial charge in [-0.2, -0.15) is 5.10 Å². The molecular weight excluding hydrogens is 380 g/mol. The Morgan fingerprint density at radius 1 is 1.26 bits per heavy atom.